The van der Waals surface area contributed by atoms with Crippen molar-refractivity contribution in [2.45, 2.75) is 13.0 Å². The van der Waals surface area contributed by atoms with Crippen molar-refractivity contribution in [3.63, 3.8) is 0 Å². The van der Waals surface area contributed by atoms with Crippen molar-refractivity contribution in [3.05, 3.63) is 89.7 Å². The normalized spacial score (nSPS) is 11.5. The van der Waals surface area contributed by atoms with Crippen molar-refractivity contribution in [1.29, 1.82) is 0 Å². The molecule has 0 aromatic heterocycles. The van der Waals surface area contributed by atoms with Gasteiger partial charge in [-0.15, -0.1) is 0 Å². The van der Waals surface area contributed by atoms with Gasteiger partial charge in [0.05, 0.1) is 13.7 Å². The van der Waals surface area contributed by atoms with Gasteiger partial charge < -0.3 is 20.7 Å². The van der Waals surface area contributed by atoms with Gasteiger partial charge in [0.25, 0.3) is 5.91 Å². The molecule has 3 aromatic carbocycles. The Labute approximate surface area is 180 Å². The maximum atomic E-state index is 13.0. The molecule has 0 saturated heterocycles. The molecule has 3 rings (SSSR count). The summed E-state index contributed by atoms with van der Waals surface area (Å²) in [5.74, 6) is -0.0586. The SMILES string of the molecule is COc1ccc(NC(=O)c2ccc(NC(=O)CN[C@@H](C)c3ccc(F)cc3)cc2)cc1. The molecule has 0 spiro atoms. The van der Waals surface area contributed by atoms with Crippen LogP contribution in [0, 0.1) is 5.82 Å². The highest BCUT2D eigenvalue weighted by molar-refractivity contribution is 6.04. The number of nitrogens with one attached hydrogen (secondary N) is 3. The fourth-order valence-electron chi connectivity index (χ4n) is 2.90. The van der Waals surface area contributed by atoms with Crippen LogP contribution in [0.25, 0.3) is 0 Å². The number of anilines is 2. The molecule has 0 aliphatic heterocycles. The Balaban J connectivity index is 1.49. The first-order valence-corrected chi connectivity index (χ1v) is 9.79. The Morgan fingerprint density at radius 1 is 0.871 bits per heavy atom. The number of benzene rings is 3. The molecular formula is C24H24FN3O3. The summed E-state index contributed by atoms with van der Waals surface area (Å²) in [4.78, 5) is 24.6. The zero-order chi connectivity index (χ0) is 22.2. The molecule has 0 bridgehead atoms. The third-order valence-corrected chi connectivity index (χ3v) is 4.72. The van der Waals surface area contributed by atoms with Crippen molar-refractivity contribution in [1.82, 2.24) is 5.32 Å². The zero-order valence-electron chi connectivity index (χ0n) is 17.3. The predicted molar refractivity (Wildman–Crippen MR) is 119 cm³/mol. The molecule has 6 nitrogen and oxygen atoms in total. The number of carbonyl (C=O) groups excluding carboxylic acids is 2. The number of hydrogen-bond donors (Lipinski definition) is 3. The fourth-order valence-corrected chi connectivity index (χ4v) is 2.90. The van der Waals surface area contributed by atoms with E-state index in [2.05, 4.69) is 16.0 Å². The minimum atomic E-state index is -0.296. The Kier molecular flexibility index (Phi) is 7.35. The van der Waals surface area contributed by atoms with Gasteiger partial charge in [-0.05, 0) is 73.2 Å². The highest BCUT2D eigenvalue weighted by atomic mass is 19.1. The summed E-state index contributed by atoms with van der Waals surface area (Å²) in [5, 5.41) is 8.68. The molecule has 1 atom stereocenters. The van der Waals surface area contributed by atoms with E-state index < -0.39 is 0 Å². The Bertz CT molecular complexity index is 1020. The third kappa shape index (κ3) is 6.38. The van der Waals surface area contributed by atoms with Gasteiger partial charge in [0.2, 0.25) is 5.91 Å². The molecule has 2 amide bonds. The molecule has 31 heavy (non-hydrogen) atoms. The third-order valence-electron chi connectivity index (χ3n) is 4.72. The Hall–Kier alpha value is -3.71. The summed E-state index contributed by atoms with van der Waals surface area (Å²) in [6.45, 7) is 2.00. The first kappa shape index (κ1) is 22.0. The lowest BCUT2D eigenvalue weighted by Gasteiger charge is -2.14. The minimum Gasteiger partial charge on any atom is -0.497 e. The second-order valence-electron chi connectivity index (χ2n) is 6.96. The van der Waals surface area contributed by atoms with Gasteiger partial charge >= 0.3 is 0 Å². The minimum absolute atomic E-state index is 0.0955. The molecule has 3 aromatic rings. The molecule has 3 N–H and O–H groups in total. The van der Waals surface area contributed by atoms with Crippen molar-refractivity contribution >= 4 is 23.2 Å². The molecule has 0 saturated carbocycles. The zero-order valence-corrected chi connectivity index (χ0v) is 17.3. The van der Waals surface area contributed by atoms with E-state index in [0.717, 1.165) is 5.56 Å². The number of ether oxygens (including phenoxy) is 1. The number of carbonyl (C=O) groups is 2. The van der Waals surface area contributed by atoms with E-state index in [0.29, 0.717) is 22.7 Å². The smallest absolute Gasteiger partial charge is 0.255 e. The van der Waals surface area contributed by atoms with E-state index >= 15 is 0 Å². The number of amides is 2. The van der Waals surface area contributed by atoms with Crippen molar-refractivity contribution in [3.8, 4) is 5.75 Å². The van der Waals surface area contributed by atoms with Gasteiger partial charge in [-0.25, -0.2) is 4.39 Å². The molecule has 0 radical (unpaired) electrons. The van der Waals surface area contributed by atoms with Gasteiger partial charge in [0, 0.05) is 23.0 Å². The van der Waals surface area contributed by atoms with Crippen LogP contribution in [-0.2, 0) is 4.79 Å². The molecule has 160 valence electrons. The van der Waals surface area contributed by atoms with E-state index in [1.165, 1.54) is 12.1 Å². The molecule has 0 unspecified atom stereocenters. The Morgan fingerprint density at radius 2 is 1.45 bits per heavy atom. The number of hydrogen-bond acceptors (Lipinski definition) is 4. The van der Waals surface area contributed by atoms with Crippen LogP contribution >= 0.6 is 0 Å². The number of methoxy groups -OCH3 is 1. The first-order chi connectivity index (χ1) is 14.9. The lowest BCUT2D eigenvalue weighted by Crippen LogP contribution is -2.30. The molecular weight excluding hydrogens is 397 g/mol. The van der Waals surface area contributed by atoms with Gasteiger partial charge in [-0.2, -0.15) is 0 Å². The maximum Gasteiger partial charge on any atom is 0.255 e. The lowest BCUT2D eigenvalue weighted by atomic mass is 10.1. The summed E-state index contributed by atoms with van der Waals surface area (Å²) < 4.78 is 18.1. The van der Waals surface area contributed by atoms with Gasteiger partial charge in [0.15, 0.2) is 0 Å². The maximum absolute atomic E-state index is 13.0. The average Bonchev–Trinajstić information content (AvgIpc) is 2.79. The summed E-state index contributed by atoms with van der Waals surface area (Å²) in [5.41, 5.74) is 2.60. The Morgan fingerprint density at radius 3 is 2.06 bits per heavy atom. The van der Waals surface area contributed by atoms with Gasteiger partial charge in [-0.3, -0.25) is 9.59 Å². The first-order valence-electron chi connectivity index (χ1n) is 9.79. The quantitative estimate of drug-likeness (QED) is 0.504. The average molecular weight is 421 g/mol. The summed E-state index contributed by atoms with van der Waals surface area (Å²) >= 11 is 0. The van der Waals surface area contributed by atoms with Crippen LogP contribution in [0.5, 0.6) is 5.75 Å². The highest BCUT2D eigenvalue weighted by Crippen LogP contribution is 2.17. The van der Waals surface area contributed by atoms with Gasteiger partial charge in [0.1, 0.15) is 11.6 Å². The standard InChI is InChI=1S/C24H24FN3O3/c1-16(17-3-7-19(25)8-4-17)26-15-23(29)27-20-9-5-18(6-10-20)24(30)28-21-11-13-22(31-2)14-12-21/h3-14,16,26H,15H2,1-2H3,(H,27,29)(H,28,30)/t16-/m0/s1. The van der Waals surface area contributed by atoms with Crippen LogP contribution < -0.4 is 20.7 Å². The van der Waals surface area contributed by atoms with E-state index in [4.69, 9.17) is 4.74 Å². The van der Waals surface area contributed by atoms with Crippen LogP contribution in [0.2, 0.25) is 0 Å². The fraction of sp³-hybridized carbons (Fsp3) is 0.167. The monoisotopic (exact) mass is 421 g/mol. The van der Waals surface area contributed by atoms with Crippen LogP contribution in [0.1, 0.15) is 28.9 Å². The van der Waals surface area contributed by atoms with Crippen molar-refractivity contribution in [2.75, 3.05) is 24.3 Å². The summed E-state index contributed by atoms with van der Waals surface area (Å²) in [6.07, 6.45) is 0. The number of halogens is 1. The molecule has 7 heteroatoms. The van der Waals surface area contributed by atoms with Crippen LogP contribution in [0.3, 0.4) is 0 Å². The second kappa shape index (κ2) is 10.4. The summed E-state index contributed by atoms with van der Waals surface area (Å²) in [6, 6.07) is 19.7. The number of rotatable bonds is 8. The lowest BCUT2D eigenvalue weighted by molar-refractivity contribution is -0.115. The predicted octanol–water partition coefficient (Wildman–Crippen LogP) is 4.38. The van der Waals surface area contributed by atoms with Crippen LogP contribution in [-0.4, -0.2) is 25.5 Å². The molecule has 0 heterocycles. The largest absolute Gasteiger partial charge is 0.497 e. The second-order valence-corrected chi connectivity index (χ2v) is 6.96. The molecule has 0 aliphatic carbocycles. The van der Waals surface area contributed by atoms with E-state index in [1.807, 2.05) is 6.92 Å². The molecule has 0 aliphatic rings. The topological polar surface area (TPSA) is 79.5 Å². The van der Waals surface area contributed by atoms with Crippen LogP contribution in [0.4, 0.5) is 15.8 Å². The van der Waals surface area contributed by atoms with Crippen molar-refractivity contribution in [2.24, 2.45) is 0 Å². The van der Waals surface area contributed by atoms with Gasteiger partial charge in [-0.1, -0.05) is 12.1 Å². The van der Waals surface area contributed by atoms with Crippen molar-refractivity contribution < 1.29 is 18.7 Å². The van der Waals surface area contributed by atoms with Crippen LogP contribution in [0.15, 0.2) is 72.8 Å². The van der Waals surface area contributed by atoms with E-state index in [1.54, 1.807) is 67.8 Å². The molecule has 0 fully saturated rings. The summed E-state index contributed by atoms with van der Waals surface area (Å²) in [7, 11) is 1.58. The van der Waals surface area contributed by atoms with E-state index in [-0.39, 0.29) is 30.2 Å². The highest BCUT2D eigenvalue weighted by Gasteiger charge is 2.10. The van der Waals surface area contributed by atoms with E-state index in [9.17, 15) is 14.0 Å².